The number of nitrogens with one attached hydrogen (secondary N) is 2. The second-order valence-electron chi connectivity index (χ2n) is 5.75. The molecule has 0 aliphatic rings. The molecule has 0 aliphatic heterocycles. The third-order valence-electron chi connectivity index (χ3n) is 3.28. The fourth-order valence-electron chi connectivity index (χ4n) is 2.11. The Bertz CT molecular complexity index is 503. The third-order valence-corrected chi connectivity index (χ3v) is 3.53. The first-order valence-electron chi connectivity index (χ1n) is 7.93. The Hall–Kier alpha value is -1.59. The average Bonchev–Trinajstić information content (AvgIpc) is 2.47. The highest BCUT2D eigenvalue weighted by atomic mass is 35.5. The summed E-state index contributed by atoms with van der Waals surface area (Å²) in [7, 11) is 0. The molecule has 2 N–H and O–H groups in total. The predicted molar refractivity (Wildman–Crippen MR) is 93.6 cm³/mol. The van der Waals surface area contributed by atoms with E-state index < -0.39 is 0 Å². The van der Waals surface area contributed by atoms with Gasteiger partial charge in [-0.25, -0.2) is 0 Å². The van der Waals surface area contributed by atoms with Crippen molar-refractivity contribution in [1.29, 1.82) is 0 Å². The van der Waals surface area contributed by atoms with Crippen molar-refractivity contribution in [1.82, 2.24) is 15.5 Å². The van der Waals surface area contributed by atoms with E-state index in [0.717, 1.165) is 12.0 Å². The normalized spacial score (nSPS) is 10.9. The molecule has 0 saturated carbocycles. The van der Waals surface area contributed by atoms with Crippen LogP contribution in [0.5, 0.6) is 0 Å². The van der Waals surface area contributed by atoms with Gasteiger partial charge >= 0.3 is 0 Å². The Morgan fingerprint density at radius 2 is 1.74 bits per heavy atom. The van der Waals surface area contributed by atoms with Crippen LogP contribution in [0.15, 0.2) is 24.3 Å². The molecule has 23 heavy (non-hydrogen) atoms. The van der Waals surface area contributed by atoms with E-state index in [1.165, 1.54) is 0 Å². The van der Waals surface area contributed by atoms with Crippen molar-refractivity contribution >= 4 is 23.4 Å². The van der Waals surface area contributed by atoms with Gasteiger partial charge in [0.15, 0.2) is 0 Å². The van der Waals surface area contributed by atoms with Crippen LogP contribution in [0, 0.1) is 0 Å². The van der Waals surface area contributed by atoms with Crippen molar-refractivity contribution in [2.45, 2.75) is 33.2 Å². The van der Waals surface area contributed by atoms with E-state index in [2.05, 4.69) is 10.6 Å². The number of amides is 2. The Kier molecular flexibility index (Phi) is 8.66. The van der Waals surface area contributed by atoms with Crippen LogP contribution < -0.4 is 10.6 Å². The fraction of sp³-hybridized carbons (Fsp3) is 0.529. The second kappa shape index (κ2) is 10.2. The van der Waals surface area contributed by atoms with Crippen LogP contribution >= 0.6 is 11.6 Å². The summed E-state index contributed by atoms with van der Waals surface area (Å²) in [6, 6.07) is 7.68. The smallest absolute Gasteiger partial charge is 0.234 e. The predicted octanol–water partition coefficient (Wildman–Crippen LogP) is 1.85. The summed E-state index contributed by atoms with van der Waals surface area (Å²) in [6.45, 7) is 7.44. The molecule has 0 spiro atoms. The van der Waals surface area contributed by atoms with Gasteiger partial charge in [0, 0.05) is 17.6 Å². The lowest BCUT2D eigenvalue weighted by molar-refractivity contribution is -0.125. The maximum atomic E-state index is 12.0. The molecule has 1 aromatic carbocycles. The number of hydrogen-bond acceptors (Lipinski definition) is 3. The molecule has 1 aromatic rings. The van der Waals surface area contributed by atoms with E-state index >= 15 is 0 Å². The standard InChI is InChI=1S/C17H26ClN3O2/c1-4-21(12-17(23)20-13(2)3)11-16(22)19-10-9-14-5-7-15(18)8-6-14/h5-8,13H,4,9-12H2,1-3H3,(H,19,22)(H,20,23). The third kappa shape index (κ3) is 8.57. The SMILES string of the molecule is CCN(CC(=O)NCCc1ccc(Cl)cc1)CC(=O)NC(C)C. The van der Waals surface area contributed by atoms with Gasteiger partial charge in [-0.1, -0.05) is 30.7 Å². The molecule has 0 bridgehead atoms. The minimum Gasteiger partial charge on any atom is -0.355 e. The summed E-state index contributed by atoms with van der Waals surface area (Å²) >= 11 is 5.83. The van der Waals surface area contributed by atoms with Crippen molar-refractivity contribution in [3.8, 4) is 0 Å². The van der Waals surface area contributed by atoms with Gasteiger partial charge in [0.1, 0.15) is 0 Å². The maximum absolute atomic E-state index is 12.0. The lowest BCUT2D eigenvalue weighted by Gasteiger charge is -2.20. The summed E-state index contributed by atoms with van der Waals surface area (Å²) in [6.07, 6.45) is 0.753. The molecule has 0 fully saturated rings. The van der Waals surface area contributed by atoms with Crippen molar-refractivity contribution < 1.29 is 9.59 Å². The van der Waals surface area contributed by atoms with Gasteiger partial charge in [-0.3, -0.25) is 14.5 Å². The van der Waals surface area contributed by atoms with E-state index in [1.807, 2.05) is 49.9 Å². The number of carbonyl (C=O) groups excluding carboxylic acids is 2. The van der Waals surface area contributed by atoms with Crippen LogP contribution in [-0.2, 0) is 16.0 Å². The molecule has 0 aromatic heterocycles. The molecule has 0 aliphatic carbocycles. The second-order valence-corrected chi connectivity index (χ2v) is 6.19. The van der Waals surface area contributed by atoms with Crippen molar-refractivity contribution in [3.05, 3.63) is 34.9 Å². The molecule has 0 heterocycles. The monoisotopic (exact) mass is 339 g/mol. The fourth-order valence-corrected chi connectivity index (χ4v) is 2.23. The van der Waals surface area contributed by atoms with Gasteiger partial charge in [-0.15, -0.1) is 0 Å². The van der Waals surface area contributed by atoms with Crippen molar-refractivity contribution in [2.75, 3.05) is 26.2 Å². The molecule has 0 unspecified atom stereocenters. The van der Waals surface area contributed by atoms with Crippen LogP contribution in [0.25, 0.3) is 0 Å². The number of likely N-dealkylation sites (N-methyl/N-ethyl adjacent to an activating group) is 1. The zero-order valence-corrected chi connectivity index (χ0v) is 14.8. The summed E-state index contributed by atoms with van der Waals surface area (Å²) in [4.78, 5) is 25.5. The average molecular weight is 340 g/mol. The highest BCUT2D eigenvalue weighted by molar-refractivity contribution is 6.30. The number of rotatable bonds is 9. The van der Waals surface area contributed by atoms with E-state index in [0.29, 0.717) is 18.1 Å². The van der Waals surface area contributed by atoms with Gasteiger partial charge in [0.05, 0.1) is 13.1 Å². The molecule has 128 valence electrons. The van der Waals surface area contributed by atoms with Crippen LogP contribution in [0.3, 0.4) is 0 Å². The van der Waals surface area contributed by atoms with E-state index in [-0.39, 0.29) is 30.9 Å². The molecule has 0 atom stereocenters. The van der Waals surface area contributed by atoms with E-state index in [4.69, 9.17) is 11.6 Å². The summed E-state index contributed by atoms with van der Waals surface area (Å²) < 4.78 is 0. The Balaban J connectivity index is 2.30. The lowest BCUT2D eigenvalue weighted by atomic mass is 10.1. The molecular formula is C17H26ClN3O2. The van der Waals surface area contributed by atoms with E-state index in [1.54, 1.807) is 0 Å². The highest BCUT2D eigenvalue weighted by Crippen LogP contribution is 2.09. The number of carbonyl (C=O) groups is 2. The molecule has 1 rings (SSSR count). The van der Waals surface area contributed by atoms with Crippen LogP contribution in [0.1, 0.15) is 26.3 Å². The first-order valence-corrected chi connectivity index (χ1v) is 8.31. The van der Waals surface area contributed by atoms with Crippen molar-refractivity contribution in [2.24, 2.45) is 0 Å². The first kappa shape index (κ1) is 19.5. The van der Waals surface area contributed by atoms with E-state index in [9.17, 15) is 9.59 Å². The van der Waals surface area contributed by atoms with Gasteiger partial charge < -0.3 is 10.6 Å². The zero-order chi connectivity index (χ0) is 17.2. The van der Waals surface area contributed by atoms with Gasteiger partial charge in [-0.2, -0.15) is 0 Å². The number of nitrogens with zero attached hydrogens (tertiary/aromatic N) is 1. The maximum Gasteiger partial charge on any atom is 0.234 e. The largest absolute Gasteiger partial charge is 0.355 e. The number of hydrogen-bond donors (Lipinski definition) is 2. The van der Waals surface area contributed by atoms with Gasteiger partial charge in [-0.05, 0) is 44.5 Å². The minimum absolute atomic E-state index is 0.0594. The van der Waals surface area contributed by atoms with Crippen LogP contribution in [-0.4, -0.2) is 48.9 Å². The zero-order valence-electron chi connectivity index (χ0n) is 14.1. The molecule has 0 radical (unpaired) electrons. The number of benzene rings is 1. The molecule has 2 amide bonds. The summed E-state index contributed by atoms with van der Waals surface area (Å²) in [5.74, 6) is -0.131. The molecule has 0 saturated heterocycles. The first-order chi connectivity index (χ1) is 10.9. The highest BCUT2D eigenvalue weighted by Gasteiger charge is 2.13. The summed E-state index contributed by atoms with van der Waals surface area (Å²) in [5.41, 5.74) is 1.12. The van der Waals surface area contributed by atoms with Crippen LogP contribution in [0.2, 0.25) is 5.02 Å². The Morgan fingerprint density at radius 3 is 2.30 bits per heavy atom. The van der Waals surface area contributed by atoms with Crippen LogP contribution in [0.4, 0.5) is 0 Å². The summed E-state index contributed by atoms with van der Waals surface area (Å²) in [5, 5.41) is 6.41. The van der Waals surface area contributed by atoms with Gasteiger partial charge in [0.25, 0.3) is 0 Å². The molecule has 5 nitrogen and oxygen atoms in total. The lowest BCUT2D eigenvalue weighted by Crippen LogP contribution is -2.44. The Labute approximate surface area is 143 Å². The quantitative estimate of drug-likeness (QED) is 0.721. The topological polar surface area (TPSA) is 61.4 Å². The molecule has 6 heteroatoms. The number of halogens is 1. The van der Waals surface area contributed by atoms with Gasteiger partial charge in [0.2, 0.25) is 11.8 Å². The Morgan fingerprint density at radius 1 is 1.13 bits per heavy atom. The van der Waals surface area contributed by atoms with Crippen molar-refractivity contribution in [3.63, 3.8) is 0 Å². The minimum atomic E-state index is -0.0711. The molecular weight excluding hydrogens is 314 g/mol.